The highest BCUT2D eigenvalue weighted by molar-refractivity contribution is 6.30. The summed E-state index contributed by atoms with van der Waals surface area (Å²) < 4.78 is 0. The van der Waals surface area contributed by atoms with Crippen molar-refractivity contribution in [3.05, 3.63) is 35.1 Å². The number of hydrogen-bond donors (Lipinski definition) is 1. The summed E-state index contributed by atoms with van der Waals surface area (Å²) in [5.41, 5.74) is 7.72. The summed E-state index contributed by atoms with van der Waals surface area (Å²) in [7, 11) is 0. The molecule has 3 nitrogen and oxygen atoms in total. The van der Waals surface area contributed by atoms with Crippen molar-refractivity contribution in [2.45, 2.75) is 6.54 Å². The number of nitrogens with zero attached hydrogens (tertiary/aromatic N) is 2. The van der Waals surface area contributed by atoms with Gasteiger partial charge in [0.15, 0.2) is 5.15 Å². The molecule has 1 aromatic carbocycles. The summed E-state index contributed by atoms with van der Waals surface area (Å²) in [6, 6.07) is 7.56. The van der Waals surface area contributed by atoms with E-state index in [1.54, 1.807) is 0 Å². The Bertz CT molecular complexity index is 442. The average molecular weight is 194 g/mol. The largest absolute Gasteiger partial charge is 0.325 e. The van der Waals surface area contributed by atoms with E-state index < -0.39 is 0 Å². The highest BCUT2D eigenvalue weighted by Gasteiger charge is 2.03. The van der Waals surface area contributed by atoms with Gasteiger partial charge in [-0.1, -0.05) is 23.7 Å². The van der Waals surface area contributed by atoms with E-state index in [0.29, 0.717) is 17.4 Å². The van der Waals surface area contributed by atoms with Gasteiger partial charge in [0.25, 0.3) is 0 Å². The lowest BCUT2D eigenvalue weighted by atomic mass is 10.3. The van der Waals surface area contributed by atoms with Crippen molar-refractivity contribution in [2.24, 2.45) is 5.73 Å². The molecule has 0 aliphatic rings. The molecule has 0 spiro atoms. The fourth-order valence-corrected chi connectivity index (χ4v) is 1.36. The molecule has 0 fully saturated rings. The molecule has 2 rings (SSSR count). The molecule has 0 aliphatic carbocycles. The predicted molar refractivity (Wildman–Crippen MR) is 52.4 cm³/mol. The minimum absolute atomic E-state index is 0.316. The Morgan fingerprint density at radius 3 is 2.38 bits per heavy atom. The summed E-state index contributed by atoms with van der Waals surface area (Å²) in [4.78, 5) is 8.44. The van der Waals surface area contributed by atoms with Crippen LogP contribution in [-0.4, -0.2) is 9.97 Å². The van der Waals surface area contributed by atoms with Gasteiger partial charge in [-0.2, -0.15) is 0 Å². The van der Waals surface area contributed by atoms with Crippen LogP contribution in [0, 0.1) is 0 Å². The fourth-order valence-electron chi connectivity index (χ4n) is 1.14. The number of para-hydroxylation sites is 2. The number of nitrogens with two attached hydrogens (primary N) is 1. The molecule has 0 aliphatic heterocycles. The van der Waals surface area contributed by atoms with Crippen LogP contribution >= 0.6 is 11.6 Å². The number of hydrogen-bond acceptors (Lipinski definition) is 3. The molecule has 0 radical (unpaired) electrons. The van der Waals surface area contributed by atoms with Gasteiger partial charge in [-0.25, -0.2) is 9.97 Å². The van der Waals surface area contributed by atoms with Gasteiger partial charge in [0, 0.05) is 6.54 Å². The maximum Gasteiger partial charge on any atom is 0.152 e. The molecule has 4 heteroatoms. The molecule has 66 valence electrons. The van der Waals surface area contributed by atoms with Crippen LogP contribution < -0.4 is 5.73 Å². The third kappa shape index (κ3) is 1.48. The molecular formula is C9H8ClN3. The Morgan fingerprint density at radius 2 is 1.77 bits per heavy atom. The van der Waals surface area contributed by atoms with Crippen molar-refractivity contribution in [2.75, 3.05) is 0 Å². The maximum absolute atomic E-state index is 5.85. The van der Waals surface area contributed by atoms with Gasteiger partial charge < -0.3 is 5.73 Å². The minimum atomic E-state index is 0.316. The first-order valence-corrected chi connectivity index (χ1v) is 4.30. The summed E-state index contributed by atoms with van der Waals surface area (Å²) >= 11 is 5.85. The highest BCUT2D eigenvalue weighted by atomic mass is 35.5. The Morgan fingerprint density at radius 1 is 1.15 bits per heavy atom. The van der Waals surface area contributed by atoms with Crippen molar-refractivity contribution in [1.82, 2.24) is 9.97 Å². The topological polar surface area (TPSA) is 51.8 Å². The van der Waals surface area contributed by atoms with Crippen molar-refractivity contribution in [3.63, 3.8) is 0 Å². The van der Waals surface area contributed by atoms with Crippen molar-refractivity contribution < 1.29 is 0 Å². The van der Waals surface area contributed by atoms with Gasteiger partial charge in [0.1, 0.15) is 0 Å². The highest BCUT2D eigenvalue weighted by Crippen LogP contribution is 2.15. The third-order valence-corrected chi connectivity index (χ3v) is 2.09. The fraction of sp³-hybridized carbons (Fsp3) is 0.111. The third-order valence-electron chi connectivity index (χ3n) is 1.79. The van der Waals surface area contributed by atoms with Gasteiger partial charge in [-0.05, 0) is 12.1 Å². The quantitative estimate of drug-likeness (QED) is 0.751. The van der Waals surface area contributed by atoms with Crippen LogP contribution in [0.25, 0.3) is 11.0 Å². The zero-order valence-electron chi connectivity index (χ0n) is 6.87. The zero-order chi connectivity index (χ0) is 9.26. The van der Waals surface area contributed by atoms with Crippen LogP contribution in [0.3, 0.4) is 0 Å². The van der Waals surface area contributed by atoms with E-state index in [4.69, 9.17) is 17.3 Å². The van der Waals surface area contributed by atoms with Crippen LogP contribution in [-0.2, 0) is 6.54 Å². The molecule has 0 atom stereocenters. The Labute approximate surface area is 80.6 Å². The normalized spacial score (nSPS) is 10.6. The van der Waals surface area contributed by atoms with Gasteiger partial charge in [-0.15, -0.1) is 0 Å². The van der Waals surface area contributed by atoms with Gasteiger partial charge in [0.05, 0.1) is 16.7 Å². The Balaban J connectivity index is 2.74. The second-order valence-electron chi connectivity index (χ2n) is 2.65. The molecule has 1 heterocycles. The van der Waals surface area contributed by atoms with Crippen molar-refractivity contribution in [3.8, 4) is 0 Å². The molecule has 2 aromatic rings. The van der Waals surface area contributed by atoms with Gasteiger partial charge in [0.2, 0.25) is 0 Å². The summed E-state index contributed by atoms with van der Waals surface area (Å²) in [5.74, 6) is 0. The first-order valence-electron chi connectivity index (χ1n) is 3.92. The van der Waals surface area contributed by atoms with E-state index in [2.05, 4.69) is 9.97 Å². The lowest BCUT2D eigenvalue weighted by Gasteiger charge is -2.01. The van der Waals surface area contributed by atoms with Crippen LogP contribution in [0.1, 0.15) is 5.69 Å². The lowest BCUT2D eigenvalue weighted by molar-refractivity contribution is 0.988. The molecule has 1 aromatic heterocycles. The van der Waals surface area contributed by atoms with E-state index in [1.165, 1.54) is 0 Å². The second-order valence-corrected chi connectivity index (χ2v) is 3.01. The summed E-state index contributed by atoms with van der Waals surface area (Å²) in [5, 5.41) is 0.390. The van der Waals surface area contributed by atoms with Crippen LogP contribution in [0.4, 0.5) is 0 Å². The first kappa shape index (κ1) is 8.41. The van der Waals surface area contributed by atoms with Crippen molar-refractivity contribution in [1.29, 1.82) is 0 Å². The molecule has 0 bridgehead atoms. The van der Waals surface area contributed by atoms with E-state index in [1.807, 2.05) is 24.3 Å². The number of fused-ring (bicyclic) bond motifs is 1. The number of rotatable bonds is 1. The van der Waals surface area contributed by atoms with E-state index in [9.17, 15) is 0 Å². The van der Waals surface area contributed by atoms with E-state index >= 15 is 0 Å². The Hall–Kier alpha value is -1.19. The molecule has 13 heavy (non-hydrogen) atoms. The Kier molecular flexibility index (Phi) is 2.12. The molecule has 0 saturated heterocycles. The molecule has 0 amide bonds. The standard InChI is InChI=1S/C9H8ClN3/c10-9-8(5-11)12-6-3-1-2-4-7(6)13-9/h1-4H,5,11H2. The second kappa shape index (κ2) is 3.28. The number of halogens is 1. The molecule has 0 unspecified atom stereocenters. The maximum atomic E-state index is 5.85. The predicted octanol–water partition coefficient (Wildman–Crippen LogP) is 1.74. The minimum Gasteiger partial charge on any atom is -0.325 e. The van der Waals surface area contributed by atoms with Crippen LogP contribution in [0.5, 0.6) is 0 Å². The van der Waals surface area contributed by atoms with E-state index in [-0.39, 0.29) is 0 Å². The molecular weight excluding hydrogens is 186 g/mol. The zero-order valence-corrected chi connectivity index (χ0v) is 7.62. The summed E-state index contributed by atoms with van der Waals surface area (Å²) in [6.07, 6.45) is 0. The number of benzene rings is 1. The first-order chi connectivity index (χ1) is 6.31. The average Bonchev–Trinajstić information content (AvgIpc) is 2.17. The summed E-state index contributed by atoms with van der Waals surface area (Å²) in [6.45, 7) is 0.316. The van der Waals surface area contributed by atoms with Crippen molar-refractivity contribution >= 4 is 22.6 Å². The van der Waals surface area contributed by atoms with Crippen LogP contribution in [0.15, 0.2) is 24.3 Å². The van der Waals surface area contributed by atoms with E-state index in [0.717, 1.165) is 11.0 Å². The van der Waals surface area contributed by atoms with Crippen LogP contribution in [0.2, 0.25) is 5.15 Å². The van der Waals surface area contributed by atoms with Gasteiger partial charge in [-0.3, -0.25) is 0 Å². The SMILES string of the molecule is NCc1nc2ccccc2nc1Cl. The van der Waals surface area contributed by atoms with Gasteiger partial charge >= 0.3 is 0 Å². The molecule has 2 N–H and O–H groups in total. The molecule has 0 saturated carbocycles. The number of aromatic nitrogens is 2. The monoisotopic (exact) mass is 193 g/mol. The smallest absolute Gasteiger partial charge is 0.152 e. The lowest BCUT2D eigenvalue weighted by Crippen LogP contribution is -2.02.